The lowest BCUT2D eigenvalue weighted by Gasteiger charge is -2.25. The zero-order chi connectivity index (χ0) is 13.2. The first-order valence-corrected chi connectivity index (χ1v) is 6.56. The number of rotatable bonds is 3. The van der Waals surface area contributed by atoms with Crippen molar-refractivity contribution >= 4 is 10.9 Å². The summed E-state index contributed by atoms with van der Waals surface area (Å²) >= 11 is 0. The second-order valence-electron chi connectivity index (χ2n) is 4.85. The molecule has 0 saturated carbocycles. The molecule has 19 heavy (non-hydrogen) atoms. The lowest BCUT2D eigenvalue weighted by atomic mass is 9.98. The largest absolute Gasteiger partial charge is 0.364 e. The highest BCUT2D eigenvalue weighted by Crippen LogP contribution is 2.34. The fourth-order valence-electron chi connectivity index (χ4n) is 3.05. The van der Waals surface area contributed by atoms with Crippen LogP contribution in [0.25, 0.3) is 10.9 Å². The van der Waals surface area contributed by atoms with Crippen molar-refractivity contribution in [2.45, 2.75) is 25.6 Å². The van der Waals surface area contributed by atoms with E-state index in [-0.39, 0.29) is 6.04 Å². The fraction of sp³-hybridized carbons (Fsp3) is 0.400. The van der Waals surface area contributed by atoms with Crippen molar-refractivity contribution in [3.05, 3.63) is 35.5 Å². The second-order valence-corrected chi connectivity index (χ2v) is 4.85. The van der Waals surface area contributed by atoms with Crippen molar-refractivity contribution in [2.75, 3.05) is 13.7 Å². The maximum atomic E-state index is 9.01. The molecule has 0 saturated heterocycles. The Labute approximate surface area is 112 Å². The number of nitrogens with zero attached hydrogens (tertiary/aromatic N) is 2. The number of nitriles is 1. The second kappa shape index (κ2) is 5.04. The smallest absolute Gasteiger partial charge is 0.122 e. The van der Waals surface area contributed by atoms with Crippen LogP contribution < -0.4 is 5.32 Å². The third-order valence-corrected chi connectivity index (χ3v) is 3.77. The third kappa shape index (κ3) is 1.92. The molecule has 1 aliphatic rings. The van der Waals surface area contributed by atoms with Crippen LogP contribution in [0.2, 0.25) is 0 Å². The molecule has 98 valence electrons. The van der Waals surface area contributed by atoms with Crippen LogP contribution in [0, 0.1) is 11.3 Å². The standard InChI is InChI=1S/C15H17N3O/c1-19-10-18-14-5-3-2-4-11(14)12-7-9-17-13(6-8-16)15(12)18/h2-5,13,17H,6-7,9-10H2,1H3. The van der Waals surface area contributed by atoms with Gasteiger partial charge in [0.05, 0.1) is 24.0 Å². The van der Waals surface area contributed by atoms with E-state index in [0.717, 1.165) is 13.0 Å². The van der Waals surface area contributed by atoms with E-state index in [0.29, 0.717) is 13.2 Å². The van der Waals surface area contributed by atoms with E-state index in [4.69, 9.17) is 10.00 Å². The van der Waals surface area contributed by atoms with Gasteiger partial charge in [0, 0.05) is 18.2 Å². The van der Waals surface area contributed by atoms with E-state index >= 15 is 0 Å². The lowest BCUT2D eigenvalue weighted by molar-refractivity contribution is 0.130. The van der Waals surface area contributed by atoms with Gasteiger partial charge < -0.3 is 14.6 Å². The molecule has 1 atom stereocenters. The normalized spacial score (nSPS) is 18.2. The molecular formula is C15H17N3O. The zero-order valence-corrected chi connectivity index (χ0v) is 11.0. The minimum Gasteiger partial charge on any atom is -0.364 e. The Hall–Kier alpha value is -1.83. The Morgan fingerprint density at radius 3 is 3.11 bits per heavy atom. The summed E-state index contributed by atoms with van der Waals surface area (Å²) in [5.41, 5.74) is 3.78. The molecule has 1 N–H and O–H groups in total. The van der Waals surface area contributed by atoms with Crippen molar-refractivity contribution < 1.29 is 4.74 Å². The number of hydrogen-bond donors (Lipinski definition) is 1. The third-order valence-electron chi connectivity index (χ3n) is 3.77. The summed E-state index contributed by atoms with van der Waals surface area (Å²) in [4.78, 5) is 0. The summed E-state index contributed by atoms with van der Waals surface area (Å²) in [7, 11) is 1.71. The van der Waals surface area contributed by atoms with Crippen LogP contribution in [0.1, 0.15) is 23.7 Å². The average Bonchev–Trinajstić information content (AvgIpc) is 2.76. The molecule has 2 aromatic rings. The first kappa shape index (κ1) is 12.2. The van der Waals surface area contributed by atoms with Crippen LogP contribution >= 0.6 is 0 Å². The highest BCUT2D eigenvalue weighted by atomic mass is 16.5. The van der Waals surface area contributed by atoms with Crippen LogP contribution in [0.5, 0.6) is 0 Å². The van der Waals surface area contributed by atoms with Gasteiger partial charge in [0.2, 0.25) is 0 Å². The minimum absolute atomic E-state index is 0.108. The monoisotopic (exact) mass is 255 g/mol. The highest BCUT2D eigenvalue weighted by Gasteiger charge is 2.26. The van der Waals surface area contributed by atoms with E-state index < -0.39 is 0 Å². The van der Waals surface area contributed by atoms with Gasteiger partial charge in [0.1, 0.15) is 6.73 Å². The molecule has 4 nitrogen and oxygen atoms in total. The van der Waals surface area contributed by atoms with Gasteiger partial charge in [0.25, 0.3) is 0 Å². The summed E-state index contributed by atoms with van der Waals surface area (Å²) in [5, 5.41) is 13.7. The first-order valence-electron chi connectivity index (χ1n) is 6.56. The zero-order valence-electron chi connectivity index (χ0n) is 11.0. The Morgan fingerprint density at radius 2 is 2.32 bits per heavy atom. The van der Waals surface area contributed by atoms with Crippen molar-refractivity contribution in [2.24, 2.45) is 0 Å². The van der Waals surface area contributed by atoms with E-state index in [2.05, 4.69) is 34.2 Å². The van der Waals surface area contributed by atoms with Crippen LogP contribution in [0.4, 0.5) is 0 Å². The fourth-order valence-corrected chi connectivity index (χ4v) is 3.05. The lowest BCUT2D eigenvalue weighted by Crippen LogP contribution is -2.31. The van der Waals surface area contributed by atoms with Gasteiger partial charge in [-0.1, -0.05) is 18.2 Å². The Balaban J connectivity index is 2.24. The molecule has 0 amide bonds. The first-order chi connectivity index (χ1) is 9.36. The molecule has 0 spiro atoms. The number of hydrogen-bond acceptors (Lipinski definition) is 3. The Kier molecular flexibility index (Phi) is 3.24. The molecule has 0 aliphatic carbocycles. The van der Waals surface area contributed by atoms with Gasteiger partial charge >= 0.3 is 0 Å². The number of ether oxygens (including phenoxy) is 1. The van der Waals surface area contributed by atoms with Gasteiger partial charge in [0.15, 0.2) is 0 Å². The number of methoxy groups -OCH3 is 1. The topological polar surface area (TPSA) is 50.0 Å². The van der Waals surface area contributed by atoms with Crippen LogP contribution in [0.3, 0.4) is 0 Å². The summed E-state index contributed by atoms with van der Waals surface area (Å²) in [5.74, 6) is 0. The molecule has 0 radical (unpaired) electrons. The Bertz CT molecular complexity index is 639. The van der Waals surface area contributed by atoms with E-state index in [1.807, 2.05) is 6.07 Å². The van der Waals surface area contributed by atoms with Crippen molar-refractivity contribution in [1.82, 2.24) is 9.88 Å². The minimum atomic E-state index is 0.108. The quantitative estimate of drug-likeness (QED) is 0.916. The molecule has 0 fully saturated rings. The number of benzene rings is 1. The Morgan fingerprint density at radius 1 is 1.47 bits per heavy atom. The SMILES string of the molecule is COCn1c2c(c3ccccc31)CCNC2CC#N. The van der Waals surface area contributed by atoms with E-state index in [9.17, 15) is 0 Å². The highest BCUT2D eigenvalue weighted by molar-refractivity contribution is 5.86. The maximum Gasteiger partial charge on any atom is 0.122 e. The number of aromatic nitrogens is 1. The van der Waals surface area contributed by atoms with E-state index in [1.54, 1.807) is 7.11 Å². The van der Waals surface area contributed by atoms with Crippen molar-refractivity contribution in [1.29, 1.82) is 5.26 Å². The van der Waals surface area contributed by atoms with Crippen molar-refractivity contribution in [3.63, 3.8) is 0 Å². The predicted octanol–water partition coefficient (Wildman–Crippen LogP) is 2.35. The van der Waals surface area contributed by atoms with Crippen LogP contribution in [0.15, 0.2) is 24.3 Å². The maximum absolute atomic E-state index is 9.01. The molecule has 4 heteroatoms. The molecule has 3 rings (SSSR count). The molecule has 1 aromatic carbocycles. The van der Waals surface area contributed by atoms with Gasteiger partial charge in [-0.3, -0.25) is 0 Å². The molecule has 1 aromatic heterocycles. The number of para-hydroxylation sites is 1. The summed E-state index contributed by atoms with van der Waals surface area (Å²) in [6.45, 7) is 1.46. The molecule has 2 heterocycles. The summed E-state index contributed by atoms with van der Waals surface area (Å²) < 4.78 is 7.53. The molecule has 1 unspecified atom stereocenters. The predicted molar refractivity (Wildman–Crippen MR) is 73.6 cm³/mol. The van der Waals surface area contributed by atoms with Crippen LogP contribution in [-0.4, -0.2) is 18.2 Å². The van der Waals surface area contributed by atoms with Gasteiger partial charge in [-0.15, -0.1) is 0 Å². The summed E-state index contributed by atoms with van der Waals surface area (Å²) in [6.07, 6.45) is 1.50. The average molecular weight is 255 g/mol. The molecular weight excluding hydrogens is 238 g/mol. The molecule has 1 aliphatic heterocycles. The molecule has 0 bridgehead atoms. The summed E-state index contributed by atoms with van der Waals surface area (Å²) in [6, 6.07) is 10.8. The van der Waals surface area contributed by atoms with E-state index in [1.165, 1.54) is 22.2 Å². The van der Waals surface area contributed by atoms with Gasteiger partial charge in [-0.05, 0) is 24.6 Å². The number of fused-ring (bicyclic) bond motifs is 3. The van der Waals surface area contributed by atoms with Gasteiger partial charge in [-0.25, -0.2) is 0 Å². The van der Waals surface area contributed by atoms with Crippen LogP contribution in [-0.2, 0) is 17.9 Å². The van der Waals surface area contributed by atoms with Gasteiger partial charge in [-0.2, -0.15) is 5.26 Å². The number of nitrogens with one attached hydrogen (secondary N) is 1. The van der Waals surface area contributed by atoms with Crippen molar-refractivity contribution in [3.8, 4) is 6.07 Å².